The van der Waals surface area contributed by atoms with Crippen LogP contribution in [0.1, 0.15) is 5.89 Å². The molecule has 7 heteroatoms. The number of hydrogen-bond donors (Lipinski definition) is 1. The van der Waals surface area contributed by atoms with Crippen LogP contribution in [0.25, 0.3) is 11.5 Å². The second-order valence-corrected chi connectivity index (χ2v) is 5.11. The third kappa shape index (κ3) is 3.60. The van der Waals surface area contributed by atoms with Gasteiger partial charge in [-0.25, -0.2) is 4.39 Å². The molecule has 1 N–H and O–H groups in total. The number of aromatic nitrogens is 2. The lowest BCUT2D eigenvalue weighted by atomic mass is 10.2. The predicted molar refractivity (Wildman–Crippen MR) is 85.0 cm³/mol. The van der Waals surface area contributed by atoms with Gasteiger partial charge in [-0.2, -0.15) is 0 Å². The maximum Gasteiger partial charge on any atom is 0.247 e. The molecule has 0 unspecified atom stereocenters. The Labute approximate surface area is 137 Å². The van der Waals surface area contributed by atoms with Crippen LogP contribution in [0.2, 0.25) is 5.02 Å². The zero-order valence-electron chi connectivity index (χ0n) is 12.2. The number of anilines is 1. The van der Waals surface area contributed by atoms with Crippen LogP contribution in [-0.2, 0) is 6.54 Å². The van der Waals surface area contributed by atoms with Crippen molar-refractivity contribution in [3.8, 4) is 17.2 Å². The number of nitrogens with one attached hydrogen (secondary N) is 1. The Morgan fingerprint density at radius 2 is 1.96 bits per heavy atom. The average Bonchev–Trinajstić information content (AvgIpc) is 3.05. The topological polar surface area (TPSA) is 60.2 Å². The quantitative estimate of drug-likeness (QED) is 0.760. The third-order valence-corrected chi connectivity index (χ3v) is 3.49. The molecule has 0 aliphatic rings. The van der Waals surface area contributed by atoms with Crippen molar-refractivity contribution in [1.82, 2.24) is 10.2 Å². The largest absolute Gasteiger partial charge is 0.497 e. The lowest BCUT2D eigenvalue weighted by Crippen LogP contribution is -2.00. The molecule has 0 spiro atoms. The number of ether oxygens (including phenoxy) is 1. The molecule has 3 rings (SSSR count). The van der Waals surface area contributed by atoms with Crippen molar-refractivity contribution in [3.05, 3.63) is 59.2 Å². The van der Waals surface area contributed by atoms with Crippen molar-refractivity contribution >= 4 is 17.3 Å². The molecule has 0 radical (unpaired) electrons. The summed E-state index contributed by atoms with van der Waals surface area (Å²) in [7, 11) is 1.60. The highest BCUT2D eigenvalue weighted by Crippen LogP contribution is 2.24. The Kier molecular flexibility index (Phi) is 4.43. The summed E-state index contributed by atoms with van der Waals surface area (Å²) in [5.74, 6) is 1.14. The molecule has 0 atom stereocenters. The fourth-order valence-corrected chi connectivity index (χ4v) is 2.16. The maximum absolute atomic E-state index is 13.2. The SMILES string of the molecule is COc1ccc(-c2nnc(CNc3cc(F)ccc3Cl)o2)cc1. The van der Waals surface area contributed by atoms with E-state index in [-0.39, 0.29) is 12.4 Å². The van der Waals surface area contributed by atoms with E-state index < -0.39 is 0 Å². The first kappa shape index (κ1) is 15.3. The summed E-state index contributed by atoms with van der Waals surface area (Å²) in [6.45, 7) is 0.242. The van der Waals surface area contributed by atoms with Gasteiger partial charge in [0.1, 0.15) is 11.6 Å². The van der Waals surface area contributed by atoms with E-state index in [1.165, 1.54) is 18.2 Å². The molecule has 1 aromatic heterocycles. The highest BCUT2D eigenvalue weighted by molar-refractivity contribution is 6.33. The smallest absolute Gasteiger partial charge is 0.247 e. The second-order valence-electron chi connectivity index (χ2n) is 4.71. The highest BCUT2D eigenvalue weighted by Gasteiger charge is 2.09. The third-order valence-electron chi connectivity index (χ3n) is 3.16. The fourth-order valence-electron chi connectivity index (χ4n) is 1.98. The molecule has 0 saturated carbocycles. The van der Waals surface area contributed by atoms with Gasteiger partial charge in [-0.05, 0) is 42.5 Å². The summed E-state index contributed by atoms with van der Waals surface area (Å²) in [5, 5.41) is 11.3. The first-order valence-electron chi connectivity index (χ1n) is 6.81. The maximum atomic E-state index is 13.2. The Bertz CT molecular complexity index is 805. The second kappa shape index (κ2) is 6.66. The van der Waals surface area contributed by atoms with Gasteiger partial charge in [0, 0.05) is 5.56 Å². The van der Waals surface area contributed by atoms with Crippen molar-refractivity contribution < 1.29 is 13.5 Å². The molecule has 0 fully saturated rings. The molecule has 5 nitrogen and oxygen atoms in total. The molecule has 0 aliphatic carbocycles. The molecule has 0 saturated heterocycles. The lowest BCUT2D eigenvalue weighted by Gasteiger charge is -2.05. The summed E-state index contributed by atoms with van der Waals surface area (Å²) in [6.07, 6.45) is 0. The van der Waals surface area contributed by atoms with E-state index in [2.05, 4.69) is 15.5 Å². The molecule has 0 amide bonds. The van der Waals surface area contributed by atoms with Gasteiger partial charge in [0.2, 0.25) is 11.8 Å². The van der Waals surface area contributed by atoms with Crippen molar-refractivity contribution in [1.29, 1.82) is 0 Å². The van der Waals surface area contributed by atoms with Gasteiger partial charge in [0.05, 0.1) is 24.4 Å². The van der Waals surface area contributed by atoms with Gasteiger partial charge in [-0.15, -0.1) is 10.2 Å². The molecule has 0 bridgehead atoms. The normalized spacial score (nSPS) is 10.6. The number of hydrogen-bond acceptors (Lipinski definition) is 5. The van der Waals surface area contributed by atoms with Gasteiger partial charge in [0.15, 0.2) is 0 Å². The standard InChI is InChI=1S/C16H13ClFN3O2/c1-22-12-5-2-10(3-6-12)16-21-20-15(23-16)9-19-14-8-11(18)4-7-13(14)17/h2-8,19H,9H2,1H3. The van der Waals surface area contributed by atoms with Crippen LogP contribution in [0, 0.1) is 5.82 Å². The molecular formula is C16H13ClFN3O2. The zero-order valence-corrected chi connectivity index (χ0v) is 13.0. The molecule has 0 aliphatic heterocycles. The van der Waals surface area contributed by atoms with E-state index in [0.717, 1.165) is 11.3 Å². The minimum atomic E-state index is -0.374. The number of benzene rings is 2. The van der Waals surface area contributed by atoms with Gasteiger partial charge in [-0.3, -0.25) is 0 Å². The molecule has 118 valence electrons. The van der Waals surface area contributed by atoms with Crippen LogP contribution in [0.5, 0.6) is 5.75 Å². The summed E-state index contributed by atoms with van der Waals surface area (Å²) >= 11 is 5.98. The fraction of sp³-hybridized carbons (Fsp3) is 0.125. The van der Waals surface area contributed by atoms with E-state index in [9.17, 15) is 4.39 Å². The lowest BCUT2D eigenvalue weighted by molar-refractivity contribution is 0.415. The molecule has 3 aromatic rings. The highest BCUT2D eigenvalue weighted by atomic mass is 35.5. The van der Waals surface area contributed by atoms with Crippen LogP contribution < -0.4 is 10.1 Å². The Morgan fingerprint density at radius 3 is 2.70 bits per heavy atom. The zero-order chi connectivity index (χ0) is 16.2. The van der Waals surface area contributed by atoms with Crippen LogP contribution >= 0.6 is 11.6 Å². The van der Waals surface area contributed by atoms with Crippen molar-refractivity contribution in [3.63, 3.8) is 0 Å². The van der Waals surface area contributed by atoms with Crippen molar-refractivity contribution in [2.45, 2.75) is 6.54 Å². The van der Waals surface area contributed by atoms with Gasteiger partial charge < -0.3 is 14.5 Å². The van der Waals surface area contributed by atoms with E-state index >= 15 is 0 Å². The Balaban J connectivity index is 1.70. The van der Waals surface area contributed by atoms with Gasteiger partial charge >= 0.3 is 0 Å². The monoisotopic (exact) mass is 333 g/mol. The molecule has 23 heavy (non-hydrogen) atoms. The van der Waals surface area contributed by atoms with Crippen molar-refractivity contribution in [2.24, 2.45) is 0 Å². The number of nitrogens with zero attached hydrogens (tertiary/aromatic N) is 2. The summed E-state index contributed by atoms with van der Waals surface area (Å²) in [4.78, 5) is 0. The van der Waals surface area contributed by atoms with E-state index in [1.807, 2.05) is 24.3 Å². The summed E-state index contributed by atoms with van der Waals surface area (Å²) in [6, 6.07) is 11.4. The predicted octanol–water partition coefficient (Wildman–Crippen LogP) is 4.15. The van der Waals surface area contributed by atoms with Crippen LogP contribution in [0.4, 0.5) is 10.1 Å². The first-order chi connectivity index (χ1) is 11.2. The van der Waals surface area contributed by atoms with Gasteiger partial charge in [0.25, 0.3) is 0 Å². The van der Waals surface area contributed by atoms with Crippen LogP contribution in [0.15, 0.2) is 46.9 Å². The van der Waals surface area contributed by atoms with E-state index in [4.69, 9.17) is 20.8 Å². The van der Waals surface area contributed by atoms with Crippen LogP contribution in [-0.4, -0.2) is 17.3 Å². The minimum absolute atomic E-state index is 0.242. The number of methoxy groups -OCH3 is 1. The molecule has 1 heterocycles. The Morgan fingerprint density at radius 1 is 1.17 bits per heavy atom. The van der Waals surface area contributed by atoms with Crippen molar-refractivity contribution in [2.75, 3.05) is 12.4 Å². The number of rotatable bonds is 5. The summed E-state index contributed by atoms with van der Waals surface area (Å²) < 4.78 is 23.9. The van der Waals surface area contributed by atoms with E-state index in [0.29, 0.717) is 22.5 Å². The first-order valence-corrected chi connectivity index (χ1v) is 7.19. The summed E-state index contributed by atoms with van der Waals surface area (Å²) in [5.41, 5.74) is 1.25. The number of halogens is 2. The van der Waals surface area contributed by atoms with Crippen LogP contribution in [0.3, 0.4) is 0 Å². The molecule has 2 aromatic carbocycles. The van der Waals surface area contributed by atoms with E-state index in [1.54, 1.807) is 7.11 Å². The average molecular weight is 334 g/mol. The van der Waals surface area contributed by atoms with Gasteiger partial charge in [-0.1, -0.05) is 11.6 Å². The molecular weight excluding hydrogens is 321 g/mol. The minimum Gasteiger partial charge on any atom is -0.497 e. The Hall–Kier alpha value is -2.60.